The first kappa shape index (κ1) is 13.4. The largest absolute Gasteiger partial charge is 0.496 e. The molecule has 1 spiro atoms. The molecule has 1 saturated heterocycles. The molecule has 0 bridgehead atoms. The Hall–Kier alpha value is -1.55. The summed E-state index contributed by atoms with van der Waals surface area (Å²) < 4.78 is 16.5. The Morgan fingerprint density at radius 1 is 1.30 bits per heavy atom. The van der Waals surface area contributed by atoms with Gasteiger partial charge in [-0.3, -0.25) is 0 Å². The number of rotatable bonds is 3. The van der Waals surface area contributed by atoms with Gasteiger partial charge in [-0.1, -0.05) is 11.6 Å². The molecule has 1 aliphatic carbocycles. The molecule has 3 rings (SSSR count). The molecule has 2 fully saturated rings. The van der Waals surface area contributed by atoms with Crippen molar-refractivity contribution < 1.29 is 19.0 Å². The molecule has 0 amide bonds. The average Bonchev–Trinajstić information content (AvgIpc) is 3.10. The Balaban J connectivity index is 2.10. The maximum atomic E-state index is 12.4. The zero-order valence-corrected chi connectivity index (χ0v) is 12.2. The molecular formula is C16H20O4. The number of benzene rings is 1. The van der Waals surface area contributed by atoms with E-state index in [2.05, 4.69) is 0 Å². The topological polar surface area (TPSA) is 44.8 Å². The van der Waals surface area contributed by atoms with Crippen LogP contribution in [0.1, 0.15) is 30.4 Å². The average molecular weight is 276 g/mol. The second-order valence-electron chi connectivity index (χ2n) is 5.99. The predicted octanol–water partition coefficient (Wildman–Crippen LogP) is 2.57. The summed E-state index contributed by atoms with van der Waals surface area (Å²) in [5.74, 6) is 0.351. The quantitative estimate of drug-likeness (QED) is 0.796. The molecule has 1 saturated carbocycles. The number of hydrogen-bond donors (Lipinski definition) is 0. The summed E-state index contributed by atoms with van der Waals surface area (Å²) in [4.78, 5) is 12.4. The molecule has 1 heterocycles. The van der Waals surface area contributed by atoms with E-state index in [1.54, 1.807) is 7.11 Å². The van der Waals surface area contributed by atoms with Gasteiger partial charge in [0.1, 0.15) is 5.75 Å². The van der Waals surface area contributed by atoms with E-state index in [0.29, 0.717) is 18.8 Å². The van der Waals surface area contributed by atoms with Crippen molar-refractivity contribution in [1.82, 2.24) is 0 Å². The van der Waals surface area contributed by atoms with E-state index in [4.69, 9.17) is 14.2 Å². The number of carbonyl (C=O) groups excluding carboxylic acids is 1. The molecule has 0 aromatic heterocycles. The second kappa shape index (κ2) is 4.48. The van der Waals surface area contributed by atoms with Crippen LogP contribution in [-0.2, 0) is 19.9 Å². The Morgan fingerprint density at radius 2 is 2.05 bits per heavy atom. The monoisotopic (exact) mass is 276 g/mol. The summed E-state index contributed by atoms with van der Waals surface area (Å²) in [7, 11) is 3.02. The third-order valence-electron chi connectivity index (χ3n) is 4.51. The van der Waals surface area contributed by atoms with E-state index in [1.165, 1.54) is 7.11 Å². The van der Waals surface area contributed by atoms with Crippen LogP contribution in [-0.4, -0.2) is 26.8 Å². The summed E-state index contributed by atoms with van der Waals surface area (Å²) >= 11 is 0. The van der Waals surface area contributed by atoms with Gasteiger partial charge >= 0.3 is 5.97 Å². The van der Waals surface area contributed by atoms with E-state index < -0.39 is 5.60 Å². The SMILES string of the molecule is COC(=O)C1(c2cc(C)ccc2OC)CC2(CC2)CO1. The highest BCUT2D eigenvalue weighted by atomic mass is 16.6. The Bertz CT molecular complexity index is 547. The third-order valence-corrected chi connectivity index (χ3v) is 4.51. The molecule has 1 aromatic rings. The molecule has 2 aliphatic rings. The second-order valence-corrected chi connectivity index (χ2v) is 5.99. The zero-order valence-electron chi connectivity index (χ0n) is 12.2. The van der Waals surface area contributed by atoms with Crippen LogP contribution in [0, 0.1) is 12.3 Å². The van der Waals surface area contributed by atoms with E-state index in [1.807, 2.05) is 25.1 Å². The van der Waals surface area contributed by atoms with Gasteiger partial charge in [0.15, 0.2) is 5.60 Å². The minimum Gasteiger partial charge on any atom is -0.496 e. The van der Waals surface area contributed by atoms with Crippen molar-refractivity contribution in [2.75, 3.05) is 20.8 Å². The lowest BCUT2D eigenvalue weighted by Crippen LogP contribution is -2.37. The normalized spacial score (nSPS) is 26.6. The van der Waals surface area contributed by atoms with Gasteiger partial charge in [0.25, 0.3) is 0 Å². The van der Waals surface area contributed by atoms with Crippen molar-refractivity contribution in [3.8, 4) is 5.75 Å². The molecule has 20 heavy (non-hydrogen) atoms. The molecule has 1 aliphatic heterocycles. The first-order chi connectivity index (χ1) is 9.55. The molecule has 4 heteroatoms. The highest BCUT2D eigenvalue weighted by Gasteiger charge is 2.61. The van der Waals surface area contributed by atoms with Gasteiger partial charge in [-0.2, -0.15) is 0 Å². The van der Waals surface area contributed by atoms with E-state index >= 15 is 0 Å². The van der Waals surface area contributed by atoms with Crippen molar-refractivity contribution in [3.63, 3.8) is 0 Å². The summed E-state index contributed by atoms with van der Waals surface area (Å²) in [6.07, 6.45) is 2.94. The van der Waals surface area contributed by atoms with Gasteiger partial charge in [0.05, 0.1) is 20.8 Å². The minimum atomic E-state index is -1.01. The maximum Gasteiger partial charge on any atom is 0.343 e. The van der Waals surface area contributed by atoms with Crippen LogP contribution >= 0.6 is 0 Å². The molecule has 1 aromatic carbocycles. The fourth-order valence-electron chi connectivity index (χ4n) is 3.12. The van der Waals surface area contributed by atoms with Crippen molar-refractivity contribution >= 4 is 5.97 Å². The van der Waals surface area contributed by atoms with Crippen LogP contribution in [0.3, 0.4) is 0 Å². The summed E-state index contributed by atoms with van der Waals surface area (Å²) in [6.45, 7) is 2.62. The fourth-order valence-corrected chi connectivity index (χ4v) is 3.12. The Labute approximate surface area is 119 Å². The zero-order chi connectivity index (χ0) is 14.4. The lowest BCUT2D eigenvalue weighted by molar-refractivity contribution is -0.165. The van der Waals surface area contributed by atoms with Crippen LogP contribution in [0.5, 0.6) is 5.75 Å². The highest BCUT2D eigenvalue weighted by molar-refractivity contribution is 5.83. The van der Waals surface area contributed by atoms with E-state index in [-0.39, 0.29) is 11.4 Å². The fraction of sp³-hybridized carbons (Fsp3) is 0.562. The minimum absolute atomic E-state index is 0.170. The standard InChI is InChI=1S/C16H20O4/c1-11-4-5-13(18-2)12(8-11)16(14(17)19-3)9-15(6-7-15)10-20-16/h4-5,8H,6-7,9-10H2,1-3H3. The van der Waals surface area contributed by atoms with E-state index in [0.717, 1.165) is 24.0 Å². The van der Waals surface area contributed by atoms with Crippen molar-refractivity contribution in [2.45, 2.75) is 31.8 Å². The van der Waals surface area contributed by atoms with Crippen molar-refractivity contribution in [3.05, 3.63) is 29.3 Å². The number of hydrogen-bond acceptors (Lipinski definition) is 4. The number of ether oxygens (including phenoxy) is 3. The summed E-state index contributed by atoms with van der Waals surface area (Å²) in [5, 5.41) is 0. The van der Waals surface area contributed by atoms with E-state index in [9.17, 15) is 4.79 Å². The molecule has 4 nitrogen and oxygen atoms in total. The first-order valence-corrected chi connectivity index (χ1v) is 6.93. The smallest absolute Gasteiger partial charge is 0.343 e. The summed E-state index contributed by atoms with van der Waals surface area (Å²) in [5.41, 5.74) is 1.02. The number of esters is 1. The predicted molar refractivity (Wildman–Crippen MR) is 73.7 cm³/mol. The lowest BCUT2D eigenvalue weighted by Gasteiger charge is -2.28. The molecule has 0 N–H and O–H groups in total. The van der Waals surface area contributed by atoms with Crippen LogP contribution in [0.25, 0.3) is 0 Å². The van der Waals surface area contributed by atoms with Crippen LogP contribution in [0.2, 0.25) is 0 Å². The molecular weight excluding hydrogens is 256 g/mol. The van der Waals surface area contributed by atoms with Gasteiger partial charge in [-0.05, 0) is 43.7 Å². The van der Waals surface area contributed by atoms with Gasteiger partial charge in [-0.25, -0.2) is 4.79 Å². The third kappa shape index (κ3) is 1.90. The Kier molecular flexibility index (Phi) is 3.01. The number of aryl methyl sites for hydroxylation is 1. The van der Waals surface area contributed by atoms with Crippen LogP contribution in [0.15, 0.2) is 18.2 Å². The maximum absolute atomic E-state index is 12.4. The molecule has 1 atom stereocenters. The number of methoxy groups -OCH3 is 2. The van der Waals surface area contributed by atoms with Crippen molar-refractivity contribution in [2.24, 2.45) is 5.41 Å². The van der Waals surface area contributed by atoms with Crippen LogP contribution in [0.4, 0.5) is 0 Å². The summed E-state index contributed by atoms with van der Waals surface area (Å²) in [6, 6.07) is 5.82. The highest BCUT2D eigenvalue weighted by Crippen LogP contribution is 2.60. The lowest BCUT2D eigenvalue weighted by atomic mass is 9.84. The Morgan fingerprint density at radius 3 is 2.60 bits per heavy atom. The van der Waals surface area contributed by atoms with Gasteiger partial charge < -0.3 is 14.2 Å². The molecule has 1 unspecified atom stereocenters. The van der Waals surface area contributed by atoms with Crippen molar-refractivity contribution in [1.29, 1.82) is 0 Å². The van der Waals surface area contributed by atoms with Gasteiger partial charge in [0.2, 0.25) is 0 Å². The van der Waals surface area contributed by atoms with Gasteiger partial charge in [-0.15, -0.1) is 0 Å². The number of carbonyl (C=O) groups is 1. The van der Waals surface area contributed by atoms with Gasteiger partial charge in [0, 0.05) is 5.56 Å². The van der Waals surface area contributed by atoms with Crippen LogP contribution < -0.4 is 4.74 Å². The first-order valence-electron chi connectivity index (χ1n) is 6.93. The molecule has 0 radical (unpaired) electrons. The molecule has 108 valence electrons.